The third-order valence-electron chi connectivity index (χ3n) is 4.10. The minimum atomic E-state index is 0.587. The number of hydrogen-bond acceptors (Lipinski definition) is 2. The predicted molar refractivity (Wildman–Crippen MR) is 81.7 cm³/mol. The van der Waals surface area contributed by atoms with Crippen molar-refractivity contribution in [2.45, 2.75) is 12.8 Å². The molecule has 0 bridgehead atoms. The molecule has 2 heteroatoms. The SMILES string of the molecule is CC(CN1CCNCC1)c1cccc2ccccc12. The fourth-order valence-corrected chi connectivity index (χ4v) is 3.06. The Morgan fingerprint density at radius 1 is 1.05 bits per heavy atom. The first-order valence-electron chi connectivity index (χ1n) is 7.25. The molecule has 19 heavy (non-hydrogen) atoms. The molecule has 1 aliphatic rings. The lowest BCUT2D eigenvalue weighted by molar-refractivity contribution is 0.231. The minimum Gasteiger partial charge on any atom is -0.314 e. The molecule has 3 rings (SSSR count). The summed E-state index contributed by atoms with van der Waals surface area (Å²) >= 11 is 0. The van der Waals surface area contributed by atoms with Gasteiger partial charge in [0.2, 0.25) is 0 Å². The average molecular weight is 254 g/mol. The summed E-state index contributed by atoms with van der Waals surface area (Å²) in [6.07, 6.45) is 0. The van der Waals surface area contributed by atoms with Gasteiger partial charge in [-0.2, -0.15) is 0 Å². The van der Waals surface area contributed by atoms with E-state index in [0.717, 1.165) is 19.6 Å². The third-order valence-corrected chi connectivity index (χ3v) is 4.10. The number of hydrogen-bond donors (Lipinski definition) is 1. The van der Waals surface area contributed by atoms with E-state index < -0.39 is 0 Å². The lowest BCUT2D eigenvalue weighted by Crippen LogP contribution is -2.44. The summed E-state index contributed by atoms with van der Waals surface area (Å²) in [4.78, 5) is 2.57. The maximum absolute atomic E-state index is 3.42. The van der Waals surface area contributed by atoms with Crippen LogP contribution in [0.5, 0.6) is 0 Å². The monoisotopic (exact) mass is 254 g/mol. The molecule has 0 aromatic heterocycles. The van der Waals surface area contributed by atoms with Gasteiger partial charge in [-0.1, -0.05) is 49.4 Å². The second-order valence-electron chi connectivity index (χ2n) is 5.52. The topological polar surface area (TPSA) is 15.3 Å². The zero-order valence-corrected chi connectivity index (χ0v) is 11.6. The highest BCUT2D eigenvalue weighted by atomic mass is 15.2. The normalized spacial score (nSPS) is 18.6. The number of fused-ring (bicyclic) bond motifs is 1. The Labute approximate surface area is 115 Å². The molecular weight excluding hydrogens is 232 g/mol. The largest absolute Gasteiger partial charge is 0.314 e. The Bertz CT molecular complexity index is 538. The van der Waals surface area contributed by atoms with Crippen LogP contribution in [0.3, 0.4) is 0 Å². The van der Waals surface area contributed by atoms with E-state index in [-0.39, 0.29) is 0 Å². The van der Waals surface area contributed by atoms with E-state index in [1.54, 1.807) is 0 Å². The van der Waals surface area contributed by atoms with Crippen molar-refractivity contribution in [1.29, 1.82) is 0 Å². The van der Waals surface area contributed by atoms with Gasteiger partial charge in [0, 0.05) is 32.7 Å². The molecule has 0 amide bonds. The Morgan fingerprint density at radius 2 is 1.79 bits per heavy atom. The highest BCUT2D eigenvalue weighted by Crippen LogP contribution is 2.26. The molecule has 1 heterocycles. The summed E-state index contributed by atoms with van der Waals surface area (Å²) in [7, 11) is 0. The lowest BCUT2D eigenvalue weighted by Gasteiger charge is -2.30. The van der Waals surface area contributed by atoms with Gasteiger partial charge in [0.15, 0.2) is 0 Å². The van der Waals surface area contributed by atoms with Crippen molar-refractivity contribution in [2.24, 2.45) is 0 Å². The fourth-order valence-electron chi connectivity index (χ4n) is 3.06. The van der Waals surface area contributed by atoms with Crippen LogP contribution in [0.1, 0.15) is 18.4 Å². The van der Waals surface area contributed by atoms with E-state index in [4.69, 9.17) is 0 Å². The van der Waals surface area contributed by atoms with Gasteiger partial charge in [-0.3, -0.25) is 0 Å². The van der Waals surface area contributed by atoms with Crippen molar-refractivity contribution < 1.29 is 0 Å². The molecule has 1 fully saturated rings. The summed E-state index contributed by atoms with van der Waals surface area (Å²) in [5.74, 6) is 0.587. The Kier molecular flexibility index (Phi) is 3.81. The molecule has 2 aromatic rings. The summed E-state index contributed by atoms with van der Waals surface area (Å²) in [6.45, 7) is 8.12. The maximum atomic E-state index is 3.42. The first-order chi connectivity index (χ1) is 9.34. The Morgan fingerprint density at radius 3 is 2.63 bits per heavy atom. The van der Waals surface area contributed by atoms with Crippen molar-refractivity contribution in [3.8, 4) is 0 Å². The van der Waals surface area contributed by atoms with Gasteiger partial charge in [0.1, 0.15) is 0 Å². The van der Waals surface area contributed by atoms with Crippen molar-refractivity contribution in [3.63, 3.8) is 0 Å². The number of benzene rings is 2. The van der Waals surface area contributed by atoms with Crippen molar-refractivity contribution in [3.05, 3.63) is 48.0 Å². The molecule has 2 nitrogen and oxygen atoms in total. The highest BCUT2D eigenvalue weighted by Gasteiger charge is 2.15. The third kappa shape index (κ3) is 2.80. The zero-order chi connectivity index (χ0) is 13.1. The van der Waals surface area contributed by atoms with Crippen LogP contribution < -0.4 is 5.32 Å². The Balaban J connectivity index is 1.82. The van der Waals surface area contributed by atoms with Crippen molar-refractivity contribution in [1.82, 2.24) is 10.2 Å². The summed E-state index contributed by atoms with van der Waals surface area (Å²) in [5.41, 5.74) is 1.48. The van der Waals surface area contributed by atoms with Crippen LogP contribution in [-0.4, -0.2) is 37.6 Å². The minimum absolute atomic E-state index is 0.587. The van der Waals surface area contributed by atoms with Crippen LogP contribution >= 0.6 is 0 Å². The van der Waals surface area contributed by atoms with Gasteiger partial charge < -0.3 is 10.2 Å². The smallest absolute Gasteiger partial charge is 0.0108 e. The number of rotatable bonds is 3. The number of nitrogens with zero attached hydrogens (tertiary/aromatic N) is 1. The fraction of sp³-hybridized carbons (Fsp3) is 0.412. The molecule has 100 valence electrons. The van der Waals surface area contributed by atoms with E-state index in [1.165, 1.54) is 29.4 Å². The van der Waals surface area contributed by atoms with Gasteiger partial charge in [0.05, 0.1) is 0 Å². The van der Waals surface area contributed by atoms with Crippen LogP contribution in [0.15, 0.2) is 42.5 Å². The molecule has 1 unspecified atom stereocenters. The van der Waals surface area contributed by atoms with Gasteiger partial charge >= 0.3 is 0 Å². The molecule has 1 aliphatic heterocycles. The quantitative estimate of drug-likeness (QED) is 0.906. The van der Waals surface area contributed by atoms with Crippen LogP contribution in [0.2, 0.25) is 0 Å². The Hall–Kier alpha value is -1.38. The van der Waals surface area contributed by atoms with Gasteiger partial charge in [-0.05, 0) is 22.3 Å². The molecule has 2 aromatic carbocycles. The van der Waals surface area contributed by atoms with Gasteiger partial charge in [0.25, 0.3) is 0 Å². The average Bonchev–Trinajstić information content (AvgIpc) is 2.47. The van der Waals surface area contributed by atoms with Gasteiger partial charge in [-0.15, -0.1) is 0 Å². The standard InChI is InChI=1S/C17H22N2/c1-14(13-19-11-9-18-10-12-19)16-8-4-6-15-5-2-3-7-17(15)16/h2-8,14,18H,9-13H2,1H3. The van der Waals surface area contributed by atoms with Crippen molar-refractivity contribution in [2.75, 3.05) is 32.7 Å². The van der Waals surface area contributed by atoms with Crippen LogP contribution in [0.4, 0.5) is 0 Å². The molecule has 1 N–H and O–H groups in total. The van der Waals surface area contributed by atoms with E-state index in [9.17, 15) is 0 Å². The number of nitrogens with one attached hydrogen (secondary N) is 1. The molecular formula is C17H22N2. The van der Waals surface area contributed by atoms with Gasteiger partial charge in [-0.25, -0.2) is 0 Å². The number of piperazine rings is 1. The second-order valence-corrected chi connectivity index (χ2v) is 5.52. The summed E-state index contributed by atoms with van der Waals surface area (Å²) < 4.78 is 0. The van der Waals surface area contributed by atoms with E-state index in [0.29, 0.717) is 5.92 Å². The molecule has 1 atom stereocenters. The highest BCUT2D eigenvalue weighted by molar-refractivity contribution is 5.86. The predicted octanol–water partition coefficient (Wildman–Crippen LogP) is 2.85. The molecule has 0 saturated carbocycles. The maximum Gasteiger partial charge on any atom is 0.0108 e. The molecule has 0 aliphatic carbocycles. The first-order valence-corrected chi connectivity index (χ1v) is 7.25. The molecule has 0 spiro atoms. The zero-order valence-electron chi connectivity index (χ0n) is 11.6. The van der Waals surface area contributed by atoms with E-state index in [2.05, 4.69) is 59.6 Å². The van der Waals surface area contributed by atoms with Crippen LogP contribution in [0, 0.1) is 0 Å². The summed E-state index contributed by atoms with van der Waals surface area (Å²) in [5, 5.41) is 6.18. The van der Waals surface area contributed by atoms with E-state index in [1.807, 2.05) is 0 Å². The first kappa shape index (κ1) is 12.6. The van der Waals surface area contributed by atoms with Crippen LogP contribution in [0.25, 0.3) is 10.8 Å². The van der Waals surface area contributed by atoms with E-state index >= 15 is 0 Å². The molecule has 0 radical (unpaired) electrons. The van der Waals surface area contributed by atoms with Crippen LogP contribution in [-0.2, 0) is 0 Å². The second kappa shape index (κ2) is 5.72. The molecule has 1 saturated heterocycles. The summed E-state index contributed by atoms with van der Waals surface area (Å²) in [6, 6.07) is 15.4. The van der Waals surface area contributed by atoms with Crippen molar-refractivity contribution >= 4 is 10.8 Å². The lowest BCUT2D eigenvalue weighted by atomic mass is 9.94.